The predicted molar refractivity (Wildman–Crippen MR) is 125 cm³/mol. The summed E-state index contributed by atoms with van der Waals surface area (Å²) < 4.78 is 6.98. The summed E-state index contributed by atoms with van der Waals surface area (Å²) in [6.45, 7) is 4.39. The zero-order chi connectivity index (χ0) is 20.4. The molecule has 1 atom stereocenters. The lowest BCUT2D eigenvalue weighted by molar-refractivity contribution is 0.102. The highest BCUT2D eigenvalue weighted by Gasteiger charge is 2.12. The Bertz CT molecular complexity index is 1180. The first kappa shape index (κ1) is 19.6. The van der Waals surface area contributed by atoms with Crippen molar-refractivity contribution in [3.63, 3.8) is 0 Å². The molecule has 0 fully saturated rings. The molecule has 4 nitrogen and oxygen atoms in total. The van der Waals surface area contributed by atoms with Crippen LogP contribution < -0.4 is 5.32 Å². The van der Waals surface area contributed by atoms with E-state index in [4.69, 9.17) is 4.42 Å². The average Bonchev–Trinajstić information content (AvgIpc) is 3.17. The lowest BCUT2D eigenvalue weighted by Crippen LogP contribution is -2.11. The molecule has 0 unspecified atom stereocenters. The summed E-state index contributed by atoms with van der Waals surface area (Å²) in [5.41, 5.74) is 5.03. The number of rotatable bonds is 5. The van der Waals surface area contributed by atoms with Crippen molar-refractivity contribution in [2.75, 3.05) is 5.32 Å². The molecule has 0 aliphatic heterocycles. The van der Waals surface area contributed by atoms with Gasteiger partial charge in [0.2, 0.25) is 5.89 Å². The Morgan fingerprint density at radius 1 is 1.10 bits per heavy atom. The van der Waals surface area contributed by atoms with Crippen LogP contribution in [0.2, 0.25) is 0 Å². The first-order valence-electron chi connectivity index (χ1n) is 9.61. The SMILES string of the molecule is CC[C@@H](C)c1ccc2oc(-c3cccc(NC(=O)c4cccc(I)c4)c3)nc2c1. The molecule has 29 heavy (non-hydrogen) atoms. The minimum Gasteiger partial charge on any atom is -0.436 e. The van der Waals surface area contributed by atoms with E-state index in [1.54, 1.807) is 6.07 Å². The minimum absolute atomic E-state index is 0.142. The van der Waals surface area contributed by atoms with Crippen molar-refractivity contribution in [2.24, 2.45) is 0 Å². The van der Waals surface area contributed by atoms with Crippen LogP contribution in [0.25, 0.3) is 22.6 Å². The van der Waals surface area contributed by atoms with Crippen molar-refractivity contribution < 1.29 is 9.21 Å². The number of benzene rings is 3. The Hall–Kier alpha value is -2.67. The van der Waals surface area contributed by atoms with E-state index in [-0.39, 0.29) is 5.91 Å². The zero-order valence-corrected chi connectivity index (χ0v) is 18.4. The van der Waals surface area contributed by atoms with Gasteiger partial charge in [-0.1, -0.05) is 32.0 Å². The van der Waals surface area contributed by atoms with Crippen molar-refractivity contribution in [1.29, 1.82) is 0 Å². The number of carbonyl (C=O) groups excluding carboxylic acids is 1. The van der Waals surface area contributed by atoms with E-state index in [1.807, 2.05) is 48.5 Å². The summed E-state index contributed by atoms with van der Waals surface area (Å²) in [5.74, 6) is 0.891. The van der Waals surface area contributed by atoms with Gasteiger partial charge in [-0.3, -0.25) is 4.79 Å². The molecule has 146 valence electrons. The van der Waals surface area contributed by atoms with Crippen LogP contribution >= 0.6 is 22.6 Å². The van der Waals surface area contributed by atoms with Crippen LogP contribution in [0, 0.1) is 3.57 Å². The van der Waals surface area contributed by atoms with E-state index in [9.17, 15) is 4.79 Å². The molecule has 0 spiro atoms. The van der Waals surface area contributed by atoms with E-state index in [1.165, 1.54) is 5.56 Å². The number of oxazole rings is 1. The molecule has 3 aromatic carbocycles. The fraction of sp³-hybridized carbons (Fsp3) is 0.167. The Balaban J connectivity index is 1.60. The smallest absolute Gasteiger partial charge is 0.255 e. The summed E-state index contributed by atoms with van der Waals surface area (Å²) in [6.07, 6.45) is 1.08. The van der Waals surface area contributed by atoms with E-state index in [2.05, 4.69) is 58.9 Å². The van der Waals surface area contributed by atoms with Gasteiger partial charge in [0.1, 0.15) is 5.52 Å². The summed E-state index contributed by atoms with van der Waals surface area (Å²) in [4.78, 5) is 17.2. The maximum Gasteiger partial charge on any atom is 0.255 e. The molecule has 0 saturated heterocycles. The van der Waals surface area contributed by atoms with Crippen molar-refractivity contribution in [2.45, 2.75) is 26.2 Å². The van der Waals surface area contributed by atoms with Gasteiger partial charge in [0.05, 0.1) is 0 Å². The van der Waals surface area contributed by atoms with Crippen LogP contribution in [-0.2, 0) is 0 Å². The molecular weight excluding hydrogens is 475 g/mol. The van der Waals surface area contributed by atoms with E-state index in [0.717, 1.165) is 26.7 Å². The van der Waals surface area contributed by atoms with Crippen LogP contribution in [0.4, 0.5) is 5.69 Å². The maximum absolute atomic E-state index is 12.5. The molecule has 1 heterocycles. The number of nitrogens with one attached hydrogen (secondary N) is 1. The van der Waals surface area contributed by atoms with Gasteiger partial charge >= 0.3 is 0 Å². The van der Waals surface area contributed by atoms with E-state index >= 15 is 0 Å². The van der Waals surface area contributed by atoms with E-state index in [0.29, 0.717) is 23.1 Å². The monoisotopic (exact) mass is 496 g/mol. The van der Waals surface area contributed by atoms with Crippen molar-refractivity contribution in [1.82, 2.24) is 4.98 Å². The standard InChI is InChI=1S/C24H21IN2O2/c1-3-15(2)16-10-11-22-21(14-16)27-24(29-22)18-7-5-9-20(13-18)26-23(28)17-6-4-8-19(25)12-17/h4-15H,3H2,1-2H3,(H,26,28)/t15-/m1/s1. The number of anilines is 1. The summed E-state index contributed by atoms with van der Waals surface area (Å²) in [6, 6.07) is 21.2. The number of amides is 1. The van der Waals surface area contributed by atoms with Gasteiger partial charge in [-0.2, -0.15) is 0 Å². The largest absolute Gasteiger partial charge is 0.436 e. The Labute approximate surface area is 183 Å². The van der Waals surface area contributed by atoms with Crippen molar-refractivity contribution in [3.05, 3.63) is 81.4 Å². The van der Waals surface area contributed by atoms with Gasteiger partial charge in [0.25, 0.3) is 5.91 Å². The van der Waals surface area contributed by atoms with Crippen LogP contribution in [-0.4, -0.2) is 10.9 Å². The van der Waals surface area contributed by atoms with Crippen LogP contribution in [0.15, 0.2) is 71.1 Å². The van der Waals surface area contributed by atoms with Gasteiger partial charge in [0, 0.05) is 20.4 Å². The molecule has 1 aromatic heterocycles. The molecule has 0 bridgehead atoms. The highest BCUT2D eigenvalue weighted by Crippen LogP contribution is 2.29. The molecular formula is C24H21IN2O2. The second-order valence-corrected chi connectivity index (χ2v) is 8.35. The maximum atomic E-state index is 12.5. The minimum atomic E-state index is -0.142. The predicted octanol–water partition coefficient (Wildman–Crippen LogP) is 6.87. The molecule has 1 N–H and O–H groups in total. The topological polar surface area (TPSA) is 55.1 Å². The highest BCUT2D eigenvalue weighted by molar-refractivity contribution is 14.1. The molecule has 1 amide bonds. The normalized spacial score (nSPS) is 12.1. The quantitative estimate of drug-likeness (QED) is 0.307. The molecule has 0 aliphatic rings. The summed E-state index contributed by atoms with van der Waals surface area (Å²) in [7, 11) is 0. The van der Waals surface area contributed by atoms with Gasteiger partial charge in [-0.05, 0) is 89.0 Å². The fourth-order valence-corrected chi connectivity index (χ4v) is 3.72. The number of aromatic nitrogens is 1. The zero-order valence-electron chi connectivity index (χ0n) is 16.3. The third-order valence-corrected chi connectivity index (χ3v) is 5.72. The molecule has 0 radical (unpaired) electrons. The third-order valence-electron chi connectivity index (χ3n) is 5.05. The first-order valence-corrected chi connectivity index (χ1v) is 10.7. The number of hydrogen-bond donors (Lipinski definition) is 1. The number of halogens is 1. The number of nitrogens with zero attached hydrogens (tertiary/aromatic N) is 1. The lowest BCUT2D eigenvalue weighted by Gasteiger charge is -2.07. The van der Waals surface area contributed by atoms with Gasteiger partial charge in [-0.15, -0.1) is 0 Å². The Morgan fingerprint density at radius 3 is 2.72 bits per heavy atom. The molecule has 4 rings (SSSR count). The lowest BCUT2D eigenvalue weighted by atomic mass is 9.98. The molecule has 0 saturated carbocycles. The van der Waals surface area contributed by atoms with Crippen molar-refractivity contribution >= 4 is 45.3 Å². The third kappa shape index (κ3) is 4.34. The highest BCUT2D eigenvalue weighted by atomic mass is 127. The first-order chi connectivity index (χ1) is 14.0. The summed E-state index contributed by atoms with van der Waals surface area (Å²) in [5, 5.41) is 2.95. The van der Waals surface area contributed by atoms with Crippen molar-refractivity contribution in [3.8, 4) is 11.5 Å². The van der Waals surface area contributed by atoms with Crippen LogP contribution in [0.3, 0.4) is 0 Å². The Morgan fingerprint density at radius 2 is 1.93 bits per heavy atom. The van der Waals surface area contributed by atoms with Crippen LogP contribution in [0.5, 0.6) is 0 Å². The number of hydrogen-bond acceptors (Lipinski definition) is 3. The summed E-state index contributed by atoms with van der Waals surface area (Å²) >= 11 is 2.20. The average molecular weight is 496 g/mol. The van der Waals surface area contributed by atoms with E-state index < -0.39 is 0 Å². The molecule has 4 aromatic rings. The Kier molecular flexibility index (Phi) is 5.67. The number of fused-ring (bicyclic) bond motifs is 1. The second kappa shape index (κ2) is 8.37. The van der Waals surface area contributed by atoms with Gasteiger partial charge in [0.15, 0.2) is 5.58 Å². The number of carbonyl (C=O) groups is 1. The molecule has 5 heteroatoms. The fourth-order valence-electron chi connectivity index (χ4n) is 3.17. The van der Waals surface area contributed by atoms with Gasteiger partial charge < -0.3 is 9.73 Å². The van der Waals surface area contributed by atoms with Crippen LogP contribution in [0.1, 0.15) is 42.1 Å². The second-order valence-electron chi connectivity index (χ2n) is 7.10. The molecule has 0 aliphatic carbocycles. The van der Waals surface area contributed by atoms with Gasteiger partial charge in [-0.25, -0.2) is 4.98 Å².